The van der Waals surface area contributed by atoms with Crippen LogP contribution in [-0.2, 0) is 21.2 Å². The third-order valence-corrected chi connectivity index (χ3v) is 8.94. The van der Waals surface area contributed by atoms with Crippen LogP contribution in [-0.4, -0.2) is 37.5 Å². The van der Waals surface area contributed by atoms with Crippen molar-refractivity contribution in [3.8, 4) is 0 Å². The lowest BCUT2D eigenvalue weighted by Gasteiger charge is -2.24. The lowest BCUT2D eigenvalue weighted by Crippen LogP contribution is -2.40. The number of carbonyl (C=O) groups is 2. The second kappa shape index (κ2) is 12.6. The molecule has 0 unspecified atom stereocenters. The van der Waals surface area contributed by atoms with Crippen molar-refractivity contribution in [2.75, 3.05) is 18.4 Å². The average molecular weight is 575 g/mol. The molecule has 0 aliphatic heterocycles. The number of ketones is 1. The van der Waals surface area contributed by atoms with Crippen LogP contribution in [0, 0.1) is 20.8 Å². The molecule has 8 heteroatoms. The number of hydrogen-bond acceptors (Lipinski definition) is 4. The Labute approximate surface area is 240 Å². The zero-order chi connectivity index (χ0) is 28.9. The minimum Gasteiger partial charge on any atom is -0.324 e. The summed E-state index contributed by atoms with van der Waals surface area (Å²) in [5, 5.41) is 3.10. The zero-order valence-corrected chi connectivity index (χ0v) is 24.2. The molecule has 0 aliphatic carbocycles. The van der Waals surface area contributed by atoms with E-state index in [1.807, 2.05) is 49.4 Å². The van der Waals surface area contributed by atoms with Gasteiger partial charge in [-0.25, -0.2) is 8.42 Å². The van der Waals surface area contributed by atoms with E-state index in [1.54, 1.807) is 56.3 Å². The Balaban J connectivity index is 1.64. The van der Waals surface area contributed by atoms with Gasteiger partial charge in [-0.15, -0.1) is 0 Å². The van der Waals surface area contributed by atoms with Crippen molar-refractivity contribution in [2.24, 2.45) is 0 Å². The predicted molar refractivity (Wildman–Crippen MR) is 160 cm³/mol. The van der Waals surface area contributed by atoms with E-state index in [2.05, 4.69) is 5.32 Å². The molecular formula is C32H31ClN2O4S. The molecule has 4 rings (SSSR count). The molecule has 0 fully saturated rings. The molecule has 1 N–H and O–H groups in total. The quantitative estimate of drug-likeness (QED) is 0.223. The fourth-order valence-corrected chi connectivity index (χ4v) is 6.77. The first-order chi connectivity index (χ1) is 19.1. The van der Waals surface area contributed by atoms with E-state index < -0.39 is 22.5 Å². The molecule has 6 nitrogen and oxygen atoms in total. The van der Waals surface area contributed by atoms with Crippen molar-refractivity contribution in [3.05, 3.63) is 129 Å². The van der Waals surface area contributed by atoms with Crippen LogP contribution in [0.2, 0.25) is 5.02 Å². The lowest BCUT2D eigenvalue weighted by molar-refractivity contribution is -0.116. The lowest BCUT2D eigenvalue weighted by atomic mass is 10.0. The largest absolute Gasteiger partial charge is 0.324 e. The van der Waals surface area contributed by atoms with Gasteiger partial charge in [-0.05, 0) is 62.1 Å². The number of amides is 1. The summed E-state index contributed by atoms with van der Waals surface area (Å²) in [6, 6.07) is 26.4. The van der Waals surface area contributed by atoms with Crippen LogP contribution in [0.1, 0.15) is 38.2 Å². The van der Waals surface area contributed by atoms with Crippen LogP contribution in [0.15, 0.2) is 95.9 Å². The molecule has 4 aromatic carbocycles. The highest BCUT2D eigenvalue weighted by Gasteiger charge is 2.30. The van der Waals surface area contributed by atoms with Gasteiger partial charge in [0.15, 0.2) is 5.78 Å². The normalized spacial score (nSPS) is 11.4. The van der Waals surface area contributed by atoms with Crippen molar-refractivity contribution in [1.29, 1.82) is 0 Å². The summed E-state index contributed by atoms with van der Waals surface area (Å²) in [7, 11) is -4.03. The van der Waals surface area contributed by atoms with E-state index in [1.165, 1.54) is 10.4 Å². The second-order valence-electron chi connectivity index (χ2n) is 9.74. The van der Waals surface area contributed by atoms with Crippen LogP contribution in [0.4, 0.5) is 5.69 Å². The van der Waals surface area contributed by atoms with E-state index in [9.17, 15) is 18.0 Å². The number of aryl methyl sites for hydroxylation is 3. The van der Waals surface area contributed by atoms with E-state index in [0.717, 1.165) is 11.1 Å². The maximum Gasteiger partial charge on any atom is 0.244 e. The van der Waals surface area contributed by atoms with Gasteiger partial charge in [-0.2, -0.15) is 4.31 Å². The molecule has 0 aliphatic rings. The number of carbonyl (C=O) groups excluding carboxylic acids is 2. The van der Waals surface area contributed by atoms with Gasteiger partial charge in [0.25, 0.3) is 0 Å². The number of hydrogen-bond donors (Lipinski definition) is 1. The minimum absolute atomic E-state index is 0.100. The van der Waals surface area contributed by atoms with E-state index in [0.29, 0.717) is 28.1 Å². The molecule has 0 radical (unpaired) electrons. The number of halogens is 1. The van der Waals surface area contributed by atoms with Gasteiger partial charge >= 0.3 is 0 Å². The summed E-state index contributed by atoms with van der Waals surface area (Å²) in [5.74, 6) is -0.874. The number of nitrogens with zero attached hydrogens (tertiary/aromatic N) is 1. The first-order valence-corrected chi connectivity index (χ1v) is 14.7. The third kappa shape index (κ3) is 6.86. The van der Waals surface area contributed by atoms with Crippen molar-refractivity contribution < 1.29 is 18.0 Å². The molecule has 0 saturated carbocycles. The summed E-state index contributed by atoms with van der Waals surface area (Å²) >= 11 is 6.18. The second-order valence-corrected chi connectivity index (χ2v) is 12.0. The molecule has 4 aromatic rings. The Bertz CT molecular complexity index is 1620. The third-order valence-electron chi connectivity index (χ3n) is 6.55. The summed E-state index contributed by atoms with van der Waals surface area (Å²) in [4.78, 5) is 26.8. The molecule has 0 saturated heterocycles. The van der Waals surface area contributed by atoms with Gasteiger partial charge in [-0.1, -0.05) is 90.0 Å². The SMILES string of the molecule is Cc1cc(C)c(S(=O)(=O)N(CCc2ccccc2)CC(=O)Nc2ccc(Cl)cc2C(=O)c2ccccc2)c(C)c1. The van der Waals surface area contributed by atoms with Gasteiger partial charge in [0.2, 0.25) is 15.9 Å². The van der Waals surface area contributed by atoms with Crippen LogP contribution < -0.4 is 5.32 Å². The van der Waals surface area contributed by atoms with Crippen LogP contribution in [0.3, 0.4) is 0 Å². The Hall–Kier alpha value is -3.78. The predicted octanol–water partition coefficient (Wildman–Crippen LogP) is 6.37. The van der Waals surface area contributed by atoms with E-state index >= 15 is 0 Å². The first kappa shape index (κ1) is 29.2. The summed E-state index contributed by atoms with van der Waals surface area (Å²) in [6.45, 7) is 5.11. The van der Waals surface area contributed by atoms with Crippen LogP contribution in [0.25, 0.3) is 0 Å². The van der Waals surface area contributed by atoms with Crippen molar-refractivity contribution in [3.63, 3.8) is 0 Å². The highest BCUT2D eigenvalue weighted by molar-refractivity contribution is 7.89. The molecule has 0 atom stereocenters. The van der Waals surface area contributed by atoms with Gasteiger partial charge in [0, 0.05) is 22.7 Å². The summed E-state index contributed by atoms with van der Waals surface area (Å²) < 4.78 is 29.2. The highest BCUT2D eigenvalue weighted by atomic mass is 35.5. The molecule has 206 valence electrons. The number of sulfonamides is 1. The molecule has 40 heavy (non-hydrogen) atoms. The Morgan fingerprint density at radius 2 is 1.43 bits per heavy atom. The van der Waals surface area contributed by atoms with Gasteiger partial charge < -0.3 is 5.32 Å². The van der Waals surface area contributed by atoms with Gasteiger partial charge in [0.1, 0.15) is 0 Å². The maximum absolute atomic E-state index is 14.0. The number of benzene rings is 4. The Morgan fingerprint density at radius 1 is 0.825 bits per heavy atom. The monoisotopic (exact) mass is 574 g/mol. The standard InChI is InChI=1S/C32H31ClN2O4S/c1-22-18-23(2)32(24(3)19-22)40(38,39)35(17-16-25-10-6-4-7-11-25)21-30(36)34-29-15-14-27(33)20-28(29)31(37)26-12-8-5-9-13-26/h4-15,18-20H,16-17,21H2,1-3H3,(H,34,36). The fourth-order valence-electron chi connectivity index (χ4n) is 4.79. The Kier molecular flexibility index (Phi) is 9.20. The average Bonchev–Trinajstić information content (AvgIpc) is 2.92. The van der Waals surface area contributed by atoms with Crippen molar-refractivity contribution in [1.82, 2.24) is 4.31 Å². The number of nitrogens with one attached hydrogen (secondary N) is 1. The molecule has 0 aromatic heterocycles. The molecule has 1 amide bonds. The Morgan fingerprint density at radius 3 is 2.05 bits per heavy atom. The molecule has 0 spiro atoms. The van der Waals surface area contributed by atoms with Gasteiger partial charge in [0.05, 0.1) is 17.1 Å². The summed E-state index contributed by atoms with van der Waals surface area (Å²) in [6.07, 6.45) is 0.427. The minimum atomic E-state index is -4.03. The van der Waals surface area contributed by atoms with Crippen LogP contribution >= 0.6 is 11.6 Å². The van der Waals surface area contributed by atoms with Crippen molar-refractivity contribution >= 4 is 39.0 Å². The number of anilines is 1. The van der Waals surface area contributed by atoms with Crippen molar-refractivity contribution in [2.45, 2.75) is 32.1 Å². The molecular weight excluding hydrogens is 544 g/mol. The first-order valence-electron chi connectivity index (χ1n) is 12.9. The van der Waals surface area contributed by atoms with Gasteiger partial charge in [-0.3, -0.25) is 9.59 Å². The van der Waals surface area contributed by atoms with Crippen LogP contribution in [0.5, 0.6) is 0 Å². The topological polar surface area (TPSA) is 83.6 Å². The molecule has 0 bridgehead atoms. The number of rotatable bonds is 10. The maximum atomic E-state index is 14.0. The van der Waals surface area contributed by atoms with E-state index in [4.69, 9.17) is 11.6 Å². The fraction of sp³-hybridized carbons (Fsp3) is 0.188. The molecule has 0 heterocycles. The van der Waals surface area contributed by atoms with E-state index in [-0.39, 0.29) is 28.5 Å². The summed E-state index contributed by atoms with van der Waals surface area (Å²) in [5.41, 5.74) is 4.07. The smallest absolute Gasteiger partial charge is 0.244 e. The highest BCUT2D eigenvalue weighted by Crippen LogP contribution is 2.27. The zero-order valence-electron chi connectivity index (χ0n) is 22.6.